The van der Waals surface area contributed by atoms with Crippen LogP contribution in [-0.2, 0) is 4.74 Å². The van der Waals surface area contributed by atoms with Gasteiger partial charge in [0.2, 0.25) is 0 Å². The van der Waals surface area contributed by atoms with E-state index in [9.17, 15) is 0 Å². The van der Waals surface area contributed by atoms with E-state index in [1.807, 2.05) is 19.1 Å². The predicted octanol–water partition coefficient (Wildman–Crippen LogP) is 2.71. The molecule has 2 N–H and O–H groups in total. The number of halogens is 1. The summed E-state index contributed by atoms with van der Waals surface area (Å²) in [6.45, 7) is 4.04. The Morgan fingerprint density at radius 3 is 2.78 bits per heavy atom. The van der Waals surface area contributed by atoms with Crippen molar-refractivity contribution in [1.29, 1.82) is 5.26 Å². The maximum absolute atomic E-state index is 8.72. The van der Waals surface area contributed by atoms with Crippen molar-refractivity contribution in [3.8, 4) is 6.07 Å². The number of nitriles is 1. The molecular weight excluding hydrogens is 294 g/mol. The van der Waals surface area contributed by atoms with Crippen LogP contribution in [0.3, 0.4) is 0 Å². The second-order valence-electron chi connectivity index (χ2n) is 4.05. The molecule has 0 aliphatic heterocycles. The molecule has 98 valence electrons. The topological polar surface area (TPSA) is 62.3 Å². The van der Waals surface area contributed by atoms with Gasteiger partial charge in [-0.1, -0.05) is 0 Å². The Labute approximate surface area is 116 Å². The predicted molar refractivity (Wildman–Crippen MR) is 77.6 cm³/mol. The van der Waals surface area contributed by atoms with Crippen LogP contribution in [0.2, 0.25) is 0 Å². The van der Waals surface area contributed by atoms with Crippen molar-refractivity contribution in [2.24, 2.45) is 0 Å². The smallest absolute Gasteiger partial charge is 0.0640 e. The summed E-state index contributed by atoms with van der Waals surface area (Å²) in [5, 5.41) is 8.72. The highest BCUT2D eigenvalue weighted by Crippen LogP contribution is 2.30. The number of methoxy groups -OCH3 is 1. The normalized spacial score (nSPS) is 10.1. The molecule has 1 aromatic carbocycles. The highest BCUT2D eigenvalue weighted by Gasteiger charge is 2.11. The summed E-state index contributed by atoms with van der Waals surface area (Å²) >= 11 is 3.52. The third-order valence-electron chi connectivity index (χ3n) is 2.74. The van der Waals surface area contributed by atoms with Crippen molar-refractivity contribution in [2.75, 3.05) is 37.4 Å². The molecule has 1 aromatic rings. The lowest BCUT2D eigenvalue weighted by Gasteiger charge is -2.25. The summed E-state index contributed by atoms with van der Waals surface area (Å²) in [5.74, 6) is 0. The van der Waals surface area contributed by atoms with E-state index in [4.69, 9.17) is 15.7 Å². The van der Waals surface area contributed by atoms with Crippen molar-refractivity contribution < 1.29 is 4.74 Å². The minimum atomic E-state index is 0.486. The largest absolute Gasteiger partial charge is 0.398 e. The van der Waals surface area contributed by atoms with E-state index < -0.39 is 0 Å². The minimum absolute atomic E-state index is 0.486. The van der Waals surface area contributed by atoms with Crippen LogP contribution in [0.1, 0.15) is 12.0 Å². The Kier molecular flexibility index (Phi) is 5.96. The van der Waals surface area contributed by atoms with E-state index in [2.05, 4.69) is 26.9 Å². The molecule has 0 bridgehead atoms. The molecule has 0 aromatic heterocycles. The maximum Gasteiger partial charge on any atom is 0.0640 e. The molecule has 0 aliphatic carbocycles. The van der Waals surface area contributed by atoms with Gasteiger partial charge in [-0.3, -0.25) is 0 Å². The summed E-state index contributed by atoms with van der Waals surface area (Å²) in [5.41, 5.74) is 8.71. The van der Waals surface area contributed by atoms with Gasteiger partial charge in [-0.25, -0.2) is 0 Å². The van der Waals surface area contributed by atoms with Crippen molar-refractivity contribution >= 4 is 27.3 Å². The Morgan fingerprint density at radius 2 is 2.17 bits per heavy atom. The second-order valence-corrected chi connectivity index (χ2v) is 4.90. The molecule has 5 heteroatoms. The van der Waals surface area contributed by atoms with E-state index in [-0.39, 0.29) is 0 Å². The van der Waals surface area contributed by atoms with Crippen molar-refractivity contribution in [3.05, 3.63) is 22.2 Å². The molecule has 0 aliphatic rings. The van der Waals surface area contributed by atoms with Crippen LogP contribution in [0.25, 0.3) is 0 Å². The Morgan fingerprint density at radius 1 is 1.44 bits per heavy atom. The Hall–Kier alpha value is -1.25. The average molecular weight is 312 g/mol. The van der Waals surface area contributed by atoms with E-state index in [1.54, 1.807) is 7.11 Å². The lowest BCUT2D eigenvalue weighted by molar-refractivity contribution is 0.205. The molecule has 0 radical (unpaired) electrons. The van der Waals surface area contributed by atoms with E-state index in [1.165, 1.54) is 0 Å². The van der Waals surface area contributed by atoms with E-state index >= 15 is 0 Å². The zero-order chi connectivity index (χ0) is 13.5. The average Bonchev–Trinajstić information content (AvgIpc) is 2.35. The van der Waals surface area contributed by atoms with Gasteiger partial charge in [-0.05, 0) is 40.5 Å². The van der Waals surface area contributed by atoms with Crippen LogP contribution in [0.15, 0.2) is 16.6 Å². The third-order valence-corrected chi connectivity index (χ3v) is 3.37. The molecule has 0 heterocycles. The summed E-state index contributed by atoms with van der Waals surface area (Å²) in [7, 11) is 1.67. The zero-order valence-electron chi connectivity index (χ0n) is 10.7. The first-order valence-corrected chi connectivity index (χ1v) is 6.56. The van der Waals surface area contributed by atoms with Gasteiger partial charge in [0.1, 0.15) is 0 Å². The second kappa shape index (κ2) is 7.24. The van der Waals surface area contributed by atoms with Gasteiger partial charge in [0.15, 0.2) is 0 Å². The van der Waals surface area contributed by atoms with Gasteiger partial charge in [-0.15, -0.1) is 0 Å². The fraction of sp³-hybridized carbons (Fsp3) is 0.462. The molecular formula is C13H18BrN3O. The lowest BCUT2D eigenvalue weighted by Crippen LogP contribution is -2.28. The quantitative estimate of drug-likeness (QED) is 0.820. The lowest BCUT2D eigenvalue weighted by atomic mass is 10.1. The number of anilines is 2. The first-order valence-electron chi connectivity index (χ1n) is 5.76. The minimum Gasteiger partial charge on any atom is -0.398 e. The third kappa shape index (κ3) is 3.90. The van der Waals surface area contributed by atoms with Gasteiger partial charge >= 0.3 is 0 Å². The summed E-state index contributed by atoms with van der Waals surface area (Å²) in [6.07, 6.45) is 0.486. The highest BCUT2D eigenvalue weighted by molar-refractivity contribution is 9.10. The van der Waals surface area contributed by atoms with Gasteiger partial charge < -0.3 is 15.4 Å². The molecule has 0 spiro atoms. The maximum atomic E-state index is 8.72. The molecule has 4 nitrogen and oxygen atoms in total. The van der Waals surface area contributed by atoms with Gasteiger partial charge in [-0.2, -0.15) is 5.26 Å². The number of nitrogens with zero attached hydrogens (tertiary/aromatic N) is 2. The van der Waals surface area contributed by atoms with Crippen LogP contribution >= 0.6 is 15.9 Å². The number of aryl methyl sites for hydroxylation is 1. The van der Waals surface area contributed by atoms with E-state index in [0.717, 1.165) is 28.0 Å². The molecule has 0 amide bonds. The van der Waals surface area contributed by atoms with Crippen LogP contribution in [-0.4, -0.2) is 26.8 Å². The van der Waals surface area contributed by atoms with Crippen LogP contribution in [0, 0.1) is 18.3 Å². The number of nitrogens with two attached hydrogens (primary N) is 1. The van der Waals surface area contributed by atoms with Gasteiger partial charge in [0.25, 0.3) is 0 Å². The first kappa shape index (κ1) is 14.8. The van der Waals surface area contributed by atoms with Crippen LogP contribution in [0.4, 0.5) is 11.4 Å². The molecule has 0 fully saturated rings. The number of hydrogen-bond donors (Lipinski definition) is 1. The van der Waals surface area contributed by atoms with Crippen molar-refractivity contribution in [3.63, 3.8) is 0 Å². The van der Waals surface area contributed by atoms with Crippen LogP contribution < -0.4 is 10.6 Å². The fourth-order valence-electron chi connectivity index (χ4n) is 1.66. The summed E-state index contributed by atoms with van der Waals surface area (Å²) < 4.78 is 6.05. The number of rotatable bonds is 6. The SMILES string of the molecule is COCCN(CCC#N)c1cc(C)c(N)cc1Br. The number of benzene rings is 1. The molecule has 0 atom stereocenters. The van der Waals surface area contributed by atoms with Crippen molar-refractivity contribution in [2.45, 2.75) is 13.3 Å². The monoisotopic (exact) mass is 311 g/mol. The summed E-state index contributed by atoms with van der Waals surface area (Å²) in [6, 6.07) is 6.10. The van der Waals surface area contributed by atoms with Crippen LogP contribution in [0.5, 0.6) is 0 Å². The molecule has 18 heavy (non-hydrogen) atoms. The zero-order valence-corrected chi connectivity index (χ0v) is 12.3. The fourth-order valence-corrected chi connectivity index (χ4v) is 2.27. The number of hydrogen-bond acceptors (Lipinski definition) is 4. The Balaban J connectivity index is 2.96. The summed E-state index contributed by atoms with van der Waals surface area (Å²) in [4.78, 5) is 2.13. The first-order chi connectivity index (χ1) is 8.60. The van der Waals surface area contributed by atoms with E-state index in [0.29, 0.717) is 19.6 Å². The van der Waals surface area contributed by atoms with Crippen molar-refractivity contribution in [1.82, 2.24) is 0 Å². The molecule has 0 saturated carbocycles. The van der Waals surface area contributed by atoms with Gasteiger partial charge in [0, 0.05) is 30.4 Å². The Bertz CT molecular complexity index is 443. The number of nitrogen functional groups attached to an aromatic ring is 1. The molecule has 0 unspecified atom stereocenters. The standard InChI is InChI=1S/C13H18BrN3O/c1-10-8-13(11(14)9-12(10)16)17(5-3-4-15)6-7-18-2/h8-9H,3,5-7,16H2,1-2H3. The van der Waals surface area contributed by atoms with Gasteiger partial charge in [0.05, 0.1) is 24.8 Å². The molecule has 0 saturated heterocycles. The molecule has 1 rings (SSSR count). The highest BCUT2D eigenvalue weighted by atomic mass is 79.9. The number of ether oxygens (including phenoxy) is 1.